The number of anilines is 1. The summed E-state index contributed by atoms with van der Waals surface area (Å²) in [6.45, 7) is 3.97. The number of carbonyl (C=O) groups is 1. The minimum Gasteiger partial charge on any atom is -0.455 e. The van der Waals surface area contributed by atoms with E-state index in [4.69, 9.17) is 4.42 Å². The van der Waals surface area contributed by atoms with Crippen LogP contribution >= 0.6 is 0 Å². The number of nitrogens with zero attached hydrogens (tertiary/aromatic N) is 1. The molecule has 0 radical (unpaired) electrons. The van der Waals surface area contributed by atoms with Gasteiger partial charge in [-0.3, -0.25) is 4.79 Å². The number of fused-ring (bicyclic) bond motifs is 1. The van der Waals surface area contributed by atoms with Crippen molar-refractivity contribution in [2.45, 2.75) is 13.8 Å². The zero-order valence-corrected chi connectivity index (χ0v) is 13.7. The van der Waals surface area contributed by atoms with Gasteiger partial charge < -0.3 is 9.73 Å². The van der Waals surface area contributed by atoms with E-state index in [0.29, 0.717) is 11.5 Å². The van der Waals surface area contributed by atoms with Gasteiger partial charge in [0.25, 0.3) is 5.91 Å². The van der Waals surface area contributed by atoms with Gasteiger partial charge in [-0.15, -0.1) is 0 Å². The van der Waals surface area contributed by atoms with E-state index in [1.165, 1.54) is 5.56 Å². The maximum Gasteiger partial charge on any atom is 0.259 e. The summed E-state index contributed by atoms with van der Waals surface area (Å²) in [5, 5.41) is 8.16. The summed E-state index contributed by atoms with van der Waals surface area (Å²) < 4.78 is 5.70. The minimum atomic E-state index is -0.217. The first-order chi connectivity index (χ1) is 11.6. The number of hydrazone groups is 1. The van der Waals surface area contributed by atoms with Crippen LogP contribution in [0.1, 0.15) is 18.2 Å². The van der Waals surface area contributed by atoms with Crippen LogP contribution in [0.15, 0.2) is 64.1 Å². The fourth-order valence-electron chi connectivity index (χ4n) is 2.25. The zero-order valence-electron chi connectivity index (χ0n) is 13.7. The number of hydrogen-bond donors (Lipinski definition) is 2. The highest BCUT2D eigenvalue weighted by Gasteiger charge is 2.07. The Balaban J connectivity index is 1.57. The Morgan fingerprint density at radius 2 is 1.88 bits per heavy atom. The van der Waals surface area contributed by atoms with Crippen molar-refractivity contribution in [3.05, 3.63) is 65.9 Å². The molecule has 0 saturated heterocycles. The van der Waals surface area contributed by atoms with Gasteiger partial charge >= 0.3 is 0 Å². The molecule has 3 rings (SSSR count). The number of amides is 1. The molecule has 0 spiro atoms. The number of nitrogens with one attached hydrogen (secondary N) is 2. The van der Waals surface area contributed by atoms with Crippen molar-refractivity contribution in [1.29, 1.82) is 0 Å². The molecule has 2 aromatic carbocycles. The summed E-state index contributed by atoms with van der Waals surface area (Å²) in [6, 6.07) is 17.5. The van der Waals surface area contributed by atoms with Gasteiger partial charge in [-0.05, 0) is 38.1 Å². The zero-order chi connectivity index (χ0) is 16.9. The van der Waals surface area contributed by atoms with E-state index < -0.39 is 0 Å². The molecule has 0 fully saturated rings. The number of aryl methyl sites for hydroxylation is 1. The first-order valence-corrected chi connectivity index (χ1v) is 7.74. The first-order valence-electron chi connectivity index (χ1n) is 7.74. The van der Waals surface area contributed by atoms with Crippen molar-refractivity contribution < 1.29 is 9.21 Å². The van der Waals surface area contributed by atoms with Crippen LogP contribution in [0.3, 0.4) is 0 Å². The molecule has 5 heteroatoms. The van der Waals surface area contributed by atoms with Gasteiger partial charge in [0.1, 0.15) is 11.3 Å². The Kier molecular flexibility index (Phi) is 4.61. The van der Waals surface area contributed by atoms with Crippen LogP contribution in [0.25, 0.3) is 11.0 Å². The molecule has 2 N–H and O–H groups in total. The fraction of sp³-hybridized carbons (Fsp3) is 0.158. The molecule has 3 aromatic rings. The van der Waals surface area contributed by atoms with Crippen molar-refractivity contribution in [2.24, 2.45) is 5.10 Å². The van der Waals surface area contributed by atoms with Crippen LogP contribution in [-0.4, -0.2) is 18.2 Å². The quantitative estimate of drug-likeness (QED) is 0.556. The second-order valence-electron chi connectivity index (χ2n) is 5.60. The highest BCUT2D eigenvalue weighted by Crippen LogP contribution is 2.19. The Morgan fingerprint density at radius 1 is 1.12 bits per heavy atom. The van der Waals surface area contributed by atoms with Gasteiger partial charge in [-0.25, -0.2) is 5.43 Å². The van der Waals surface area contributed by atoms with Gasteiger partial charge in [0.15, 0.2) is 5.76 Å². The van der Waals surface area contributed by atoms with E-state index in [2.05, 4.69) is 15.8 Å². The number of carbonyl (C=O) groups excluding carboxylic acids is 1. The molecule has 1 aromatic heterocycles. The summed E-state index contributed by atoms with van der Waals surface area (Å²) in [5.74, 6) is 0.425. The molecule has 0 aliphatic rings. The number of benzene rings is 2. The molecule has 0 unspecified atom stereocenters. The van der Waals surface area contributed by atoms with E-state index in [0.717, 1.165) is 16.7 Å². The monoisotopic (exact) mass is 321 g/mol. The van der Waals surface area contributed by atoms with Crippen LogP contribution in [0, 0.1) is 6.92 Å². The molecule has 0 saturated carbocycles. The standard InChI is InChI=1S/C19H19N3O2/c1-13-7-9-16(10-8-13)20-12-19(23)22-21-14(2)18-11-15-5-3-4-6-17(15)24-18/h3-11,20H,12H2,1-2H3,(H,22,23)/b21-14+. The molecule has 0 bridgehead atoms. The molecular weight excluding hydrogens is 302 g/mol. The summed E-state index contributed by atoms with van der Waals surface area (Å²) in [4.78, 5) is 11.9. The lowest BCUT2D eigenvalue weighted by atomic mass is 10.2. The van der Waals surface area contributed by atoms with E-state index >= 15 is 0 Å². The van der Waals surface area contributed by atoms with Gasteiger partial charge in [0.05, 0.1) is 6.54 Å². The Hall–Kier alpha value is -3.08. The Labute approximate surface area is 140 Å². The van der Waals surface area contributed by atoms with E-state index in [9.17, 15) is 4.79 Å². The van der Waals surface area contributed by atoms with Crippen LogP contribution < -0.4 is 10.7 Å². The van der Waals surface area contributed by atoms with E-state index in [1.807, 2.05) is 61.5 Å². The highest BCUT2D eigenvalue weighted by atomic mass is 16.3. The first kappa shape index (κ1) is 15.8. The molecule has 5 nitrogen and oxygen atoms in total. The lowest BCUT2D eigenvalue weighted by molar-refractivity contribution is -0.119. The second kappa shape index (κ2) is 7.00. The molecular formula is C19H19N3O2. The predicted molar refractivity (Wildman–Crippen MR) is 96.2 cm³/mol. The fourth-order valence-corrected chi connectivity index (χ4v) is 2.25. The molecule has 0 aliphatic heterocycles. The number of rotatable bonds is 5. The van der Waals surface area contributed by atoms with Gasteiger partial charge in [0.2, 0.25) is 0 Å². The topological polar surface area (TPSA) is 66.6 Å². The van der Waals surface area contributed by atoms with Crippen molar-refractivity contribution in [1.82, 2.24) is 5.43 Å². The number of hydrogen-bond acceptors (Lipinski definition) is 4. The van der Waals surface area contributed by atoms with Crippen LogP contribution in [-0.2, 0) is 4.79 Å². The Morgan fingerprint density at radius 3 is 2.62 bits per heavy atom. The summed E-state index contributed by atoms with van der Waals surface area (Å²) >= 11 is 0. The van der Waals surface area contributed by atoms with Gasteiger partial charge in [-0.2, -0.15) is 5.10 Å². The van der Waals surface area contributed by atoms with Gasteiger partial charge in [0, 0.05) is 11.1 Å². The molecule has 122 valence electrons. The number of furan rings is 1. The average Bonchev–Trinajstić information content (AvgIpc) is 3.03. The smallest absolute Gasteiger partial charge is 0.259 e. The third kappa shape index (κ3) is 3.81. The minimum absolute atomic E-state index is 0.153. The van der Waals surface area contributed by atoms with Gasteiger partial charge in [-0.1, -0.05) is 35.9 Å². The second-order valence-corrected chi connectivity index (χ2v) is 5.60. The maximum absolute atomic E-state index is 11.9. The van der Waals surface area contributed by atoms with Crippen molar-refractivity contribution >= 4 is 28.3 Å². The van der Waals surface area contributed by atoms with E-state index in [-0.39, 0.29) is 12.5 Å². The third-order valence-corrected chi connectivity index (χ3v) is 3.64. The largest absolute Gasteiger partial charge is 0.455 e. The van der Waals surface area contributed by atoms with Crippen molar-refractivity contribution in [3.63, 3.8) is 0 Å². The molecule has 1 amide bonds. The Bertz CT molecular complexity index is 846. The summed E-state index contributed by atoms with van der Waals surface area (Å²) in [7, 11) is 0. The molecule has 0 atom stereocenters. The van der Waals surface area contributed by atoms with Crippen LogP contribution in [0.4, 0.5) is 5.69 Å². The average molecular weight is 321 g/mol. The highest BCUT2D eigenvalue weighted by molar-refractivity contribution is 6.00. The van der Waals surface area contributed by atoms with Crippen LogP contribution in [0.5, 0.6) is 0 Å². The summed E-state index contributed by atoms with van der Waals surface area (Å²) in [5.41, 5.74) is 6.03. The lowest BCUT2D eigenvalue weighted by Gasteiger charge is -2.05. The van der Waals surface area contributed by atoms with Crippen molar-refractivity contribution in [2.75, 3.05) is 11.9 Å². The molecule has 0 aliphatic carbocycles. The molecule has 1 heterocycles. The predicted octanol–water partition coefficient (Wildman–Crippen LogP) is 3.69. The normalized spacial score (nSPS) is 11.5. The van der Waals surface area contributed by atoms with Crippen LogP contribution in [0.2, 0.25) is 0 Å². The number of para-hydroxylation sites is 1. The maximum atomic E-state index is 11.9. The third-order valence-electron chi connectivity index (χ3n) is 3.64. The van der Waals surface area contributed by atoms with Crippen molar-refractivity contribution in [3.8, 4) is 0 Å². The molecule has 24 heavy (non-hydrogen) atoms. The lowest BCUT2D eigenvalue weighted by Crippen LogP contribution is -2.26. The SMILES string of the molecule is C/C(=N\NC(=O)CNc1ccc(C)cc1)c1cc2ccccc2o1. The van der Waals surface area contributed by atoms with E-state index in [1.54, 1.807) is 6.92 Å². The summed E-state index contributed by atoms with van der Waals surface area (Å²) in [6.07, 6.45) is 0.